The number of benzene rings is 2. The summed E-state index contributed by atoms with van der Waals surface area (Å²) in [5.41, 5.74) is 8.41. The predicted molar refractivity (Wildman–Crippen MR) is 111 cm³/mol. The average Bonchev–Trinajstić information content (AvgIpc) is 3.27. The van der Waals surface area contributed by atoms with Gasteiger partial charge in [-0.15, -0.1) is 0 Å². The van der Waals surface area contributed by atoms with E-state index >= 15 is 0 Å². The second-order valence-corrected chi connectivity index (χ2v) is 6.65. The zero-order valence-electron chi connectivity index (χ0n) is 16.2. The van der Waals surface area contributed by atoms with Crippen LogP contribution in [0.4, 0.5) is 8.78 Å². The van der Waals surface area contributed by atoms with E-state index in [1.807, 2.05) is 0 Å². The average molecular weight is 420 g/mol. The Kier molecular flexibility index (Phi) is 5.67. The quantitative estimate of drug-likeness (QED) is 0.363. The van der Waals surface area contributed by atoms with Crippen LogP contribution in [0.3, 0.4) is 0 Å². The molecule has 0 fully saturated rings. The largest absolute Gasteiger partial charge is 0.392 e. The minimum atomic E-state index is -0.387. The molecule has 2 aromatic carbocycles. The molecular weight excluding hydrogens is 402 g/mol. The number of halogens is 2. The zero-order chi connectivity index (χ0) is 21.8. The van der Waals surface area contributed by atoms with Crippen LogP contribution in [0.15, 0.2) is 77.6 Å². The first kappa shape index (κ1) is 20.2. The van der Waals surface area contributed by atoms with Gasteiger partial charge in [-0.25, -0.2) is 14.6 Å². The van der Waals surface area contributed by atoms with E-state index in [2.05, 4.69) is 15.1 Å². The molecule has 0 unspecified atom stereocenters. The molecule has 156 valence electrons. The lowest BCUT2D eigenvalue weighted by Gasteiger charge is -2.23. The lowest BCUT2D eigenvalue weighted by Crippen LogP contribution is -2.31. The molecule has 4 aromatic rings. The van der Waals surface area contributed by atoms with E-state index in [0.29, 0.717) is 22.4 Å². The molecular formula is C22H18F2N6O. The van der Waals surface area contributed by atoms with Gasteiger partial charge in [-0.05, 0) is 42.5 Å². The topological polar surface area (TPSA) is 107 Å². The van der Waals surface area contributed by atoms with Gasteiger partial charge in [0, 0.05) is 29.1 Å². The van der Waals surface area contributed by atoms with Gasteiger partial charge in [-0.3, -0.25) is 4.98 Å². The van der Waals surface area contributed by atoms with Gasteiger partial charge in [0.25, 0.3) is 5.89 Å². The van der Waals surface area contributed by atoms with Gasteiger partial charge in [-0.2, -0.15) is 4.98 Å². The maximum Gasteiger partial charge on any atom is 0.276 e. The Hall–Kier alpha value is -4.11. The van der Waals surface area contributed by atoms with Crippen LogP contribution in [0.5, 0.6) is 0 Å². The molecule has 0 radical (unpaired) electrons. The fourth-order valence-corrected chi connectivity index (χ4v) is 3.03. The smallest absolute Gasteiger partial charge is 0.276 e. The Labute approximate surface area is 176 Å². The maximum atomic E-state index is 14.2. The molecule has 4 rings (SSSR count). The van der Waals surface area contributed by atoms with Gasteiger partial charge < -0.3 is 15.3 Å². The van der Waals surface area contributed by atoms with E-state index in [-0.39, 0.29) is 35.6 Å². The van der Waals surface area contributed by atoms with Crippen LogP contribution in [-0.2, 0) is 6.54 Å². The van der Waals surface area contributed by atoms with Crippen molar-refractivity contribution in [1.82, 2.24) is 20.1 Å². The van der Waals surface area contributed by atoms with E-state index in [4.69, 9.17) is 16.1 Å². The number of aromatic nitrogens is 3. The molecule has 0 amide bonds. The summed E-state index contributed by atoms with van der Waals surface area (Å²) in [5, 5.41) is 5.23. The van der Waals surface area contributed by atoms with Crippen molar-refractivity contribution >= 4 is 11.4 Å². The van der Waals surface area contributed by atoms with Crippen molar-refractivity contribution < 1.29 is 13.3 Å². The highest BCUT2D eigenvalue weighted by molar-refractivity contribution is 5.85. The number of hydrogen-bond donors (Lipinski definition) is 2. The van der Waals surface area contributed by atoms with E-state index < -0.39 is 0 Å². The Morgan fingerprint density at radius 2 is 1.68 bits per heavy atom. The molecule has 0 aliphatic heterocycles. The Morgan fingerprint density at radius 1 is 0.968 bits per heavy atom. The maximum absolute atomic E-state index is 14.2. The van der Waals surface area contributed by atoms with Gasteiger partial charge in [0.15, 0.2) is 0 Å². The van der Waals surface area contributed by atoms with E-state index in [1.165, 1.54) is 35.3 Å². The molecule has 0 saturated heterocycles. The standard InChI is InChI=1S/C22H18F2N6O/c23-17-7-5-15(6-8-17)21-28-22(31-29-21)19(25)20(14-9-11-27-12-10-14)30(26)13-16-3-1-2-4-18(16)24/h1-12H,13,25-26H2/b20-19-. The second-order valence-electron chi connectivity index (χ2n) is 6.65. The van der Waals surface area contributed by atoms with Gasteiger partial charge in [0.1, 0.15) is 17.3 Å². The summed E-state index contributed by atoms with van der Waals surface area (Å²) in [6, 6.07) is 15.4. The Bertz CT molecular complexity index is 1210. The lowest BCUT2D eigenvalue weighted by molar-refractivity contribution is 0.391. The van der Waals surface area contributed by atoms with Crippen molar-refractivity contribution in [3.05, 3.63) is 102 Å². The van der Waals surface area contributed by atoms with Crippen molar-refractivity contribution in [3.63, 3.8) is 0 Å². The van der Waals surface area contributed by atoms with Gasteiger partial charge in [0.2, 0.25) is 5.82 Å². The minimum Gasteiger partial charge on any atom is -0.392 e. The van der Waals surface area contributed by atoms with Crippen molar-refractivity contribution in [2.75, 3.05) is 0 Å². The van der Waals surface area contributed by atoms with Crippen molar-refractivity contribution in [2.24, 2.45) is 11.6 Å². The summed E-state index contributed by atoms with van der Waals surface area (Å²) >= 11 is 0. The van der Waals surface area contributed by atoms with Crippen molar-refractivity contribution in [3.8, 4) is 11.4 Å². The third-order valence-corrected chi connectivity index (χ3v) is 4.55. The number of rotatable bonds is 6. The van der Waals surface area contributed by atoms with Crippen LogP contribution in [0.1, 0.15) is 17.0 Å². The molecule has 0 saturated carbocycles. The molecule has 0 aliphatic carbocycles. The van der Waals surface area contributed by atoms with E-state index in [9.17, 15) is 8.78 Å². The summed E-state index contributed by atoms with van der Waals surface area (Å²) in [5.74, 6) is 5.80. The number of nitrogens with two attached hydrogens (primary N) is 2. The van der Waals surface area contributed by atoms with Crippen LogP contribution >= 0.6 is 0 Å². The first-order valence-corrected chi connectivity index (χ1v) is 9.28. The fourth-order valence-electron chi connectivity index (χ4n) is 3.03. The van der Waals surface area contributed by atoms with Crippen LogP contribution < -0.4 is 11.6 Å². The molecule has 9 heteroatoms. The molecule has 0 atom stereocenters. The molecule has 0 aliphatic rings. The second kappa shape index (κ2) is 8.72. The van der Waals surface area contributed by atoms with Gasteiger partial charge >= 0.3 is 0 Å². The van der Waals surface area contributed by atoms with Gasteiger partial charge in [-0.1, -0.05) is 23.4 Å². The van der Waals surface area contributed by atoms with Gasteiger partial charge in [0.05, 0.1) is 12.2 Å². The Morgan fingerprint density at radius 3 is 2.39 bits per heavy atom. The third-order valence-electron chi connectivity index (χ3n) is 4.55. The third kappa shape index (κ3) is 4.41. The monoisotopic (exact) mass is 420 g/mol. The molecule has 31 heavy (non-hydrogen) atoms. The summed E-state index contributed by atoms with van der Waals surface area (Å²) < 4.78 is 32.7. The first-order chi connectivity index (χ1) is 15.0. The first-order valence-electron chi connectivity index (χ1n) is 9.28. The molecule has 2 aromatic heterocycles. The van der Waals surface area contributed by atoms with Crippen LogP contribution in [-0.4, -0.2) is 20.1 Å². The zero-order valence-corrected chi connectivity index (χ0v) is 16.2. The summed E-state index contributed by atoms with van der Waals surface area (Å²) in [7, 11) is 0. The molecule has 0 bridgehead atoms. The van der Waals surface area contributed by atoms with Crippen molar-refractivity contribution in [1.29, 1.82) is 0 Å². The highest BCUT2D eigenvalue weighted by Crippen LogP contribution is 2.26. The number of hydrazine groups is 1. The summed E-state index contributed by atoms with van der Waals surface area (Å²) in [6.07, 6.45) is 3.16. The summed E-state index contributed by atoms with van der Waals surface area (Å²) in [4.78, 5) is 8.31. The number of pyridine rings is 1. The summed E-state index contributed by atoms with van der Waals surface area (Å²) in [6.45, 7) is 0.0456. The molecule has 0 spiro atoms. The van der Waals surface area contributed by atoms with Crippen LogP contribution in [0.2, 0.25) is 0 Å². The molecule has 7 nitrogen and oxygen atoms in total. The Balaban J connectivity index is 1.74. The SMILES string of the molecule is N/C(=C(/c1ccncc1)N(N)Cc1ccccc1F)c1nc(-c2ccc(F)cc2)no1. The lowest BCUT2D eigenvalue weighted by atomic mass is 10.1. The highest BCUT2D eigenvalue weighted by Gasteiger charge is 2.20. The van der Waals surface area contributed by atoms with Crippen LogP contribution in [0.25, 0.3) is 22.8 Å². The molecule has 2 heterocycles. The predicted octanol–water partition coefficient (Wildman–Crippen LogP) is 3.57. The number of hydrogen-bond acceptors (Lipinski definition) is 7. The molecule has 4 N–H and O–H groups in total. The van der Waals surface area contributed by atoms with Crippen LogP contribution in [0, 0.1) is 11.6 Å². The van der Waals surface area contributed by atoms with E-state index in [1.54, 1.807) is 42.7 Å². The van der Waals surface area contributed by atoms with Crippen molar-refractivity contribution in [2.45, 2.75) is 6.54 Å². The number of nitrogens with zero attached hydrogens (tertiary/aromatic N) is 4. The fraction of sp³-hybridized carbons (Fsp3) is 0.0455. The highest BCUT2D eigenvalue weighted by atomic mass is 19.1. The van der Waals surface area contributed by atoms with E-state index in [0.717, 1.165) is 0 Å². The minimum absolute atomic E-state index is 0.0233. The normalized spacial score (nSPS) is 11.8.